The molecule has 3 aromatic heterocycles. The molecule has 6 heterocycles. The number of aryl methyl sites for hydroxylation is 1. The van der Waals surface area contributed by atoms with Crippen molar-refractivity contribution in [1.82, 2.24) is 39.5 Å². The fourth-order valence-electron chi connectivity index (χ4n) is 9.50. The van der Waals surface area contributed by atoms with Crippen LogP contribution in [-0.2, 0) is 52.8 Å². The molecule has 0 radical (unpaired) electrons. The molecule has 3 aliphatic rings. The molecular formula is C48H62N8O7S. The first-order valence-electron chi connectivity index (χ1n) is 22.4. The van der Waals surface area contributed by atoms with Gasteiger partial charge in [-0.05, 0) is 105 Å². The van der Waals surface area contributed by atoms with Crippen molar-refractivity contribution >= 4 is 52.0 Å². The number of cyclic esters (lactones) is 1. The molecule has 3 aliphatic heterocycles. The van der Waals surface area contributed by atoms with Crippen LogP contribution in [0, 0.1) is 17.3 Å². The molecule has 2 fully saturated rings. The van der Waals surface area contributed by atoms with E-state index in [1.54, 1.807) is 25.3 Å². The minimum atomic E-state index is -1.09. The number of hydrazine groups is 1. The molecule has 4 aromatic rings. The Balaban J connectivity index is 1.27. The smallest absolute Gasteiger partial charge is 0.324 e. The van der Waals surface area contributed by atoms with Crippen molar-refractivity contribution in [2.45, 2.75) is 104 Å². The van der Waals surface area contributed by atoms with Crippen LogP contribution in [0.5, 0.6) is 0 Å². The lowest BCUT2D eigenvalue weighted by Gasteiger charge is -2.37. The number of esters is 1. The Morgan fingerprint density at radius 2 is 1.92 bits per heavy atom. The molecular weight excluding hydrogens is 833 g/mol. The maximum atomic E-state index is 14.6. The molecule has 0 saturated carbocycles. The number of pyridine rings is 1. The summed E-state index contributed by atoms with van der Waals surface area (Å²) in [5, 5.41) is 5.49. The van der Waals surface area contributed by atoms with Gasteiger partial charge >= 0.3 is 5.97 Å². The van der Waals surface area contributed by atoms with Crippen molar-refractivity contribution < 1.29 is 33.4 Å². The normalized spacial score (nSPS) is 21.3. The van der Waals surface area contributed by atoms with Gasteiger partial charge in [-0.15, -0.1) is 0 Å². The second-order valence-electron chi connectivity index (χ2n) is 18.4. The molecule has 0 unspecified atom stereocenters. The van der Waals surface area contributed by atoms with Gasteiger partial charge in [0.05, 0.1) is 40.6 Å². The summed E-state index contributed by atoms with van der Waals surface area (Å²) in [6.07, 6.45) is 4.90. The van der Waals surface area contributed by atoms with Crippen LogP contribution in [0.1, 0.15) is 83.9 Å². The number of hydrogen-bond donors (Lipinski definition) is 2. The number of nitrogens with one attached hydrogen (secondary N) is 2. The highest BCUT2D eigenvalue weighted by Crippen LogP contribution is 2.42. The number of amides is 4. The third-order valence-electron chi connectivity index (χ3n) is 12.9. The SMILES string of the molecule is C=CC(=O)N1CC[C@H](C(=O)N(C)[C@H](C(=O)N[C@H]2Cc3cc(sn3)-c3ccc4c(c3)c(c(-c3cccnc3[C@H](C)OC)n4CC)CC(C)(C)COC(=O)[C@@H]3CCCN(N3)C2=O)C(C)C)C1. The number of ether oxygens (including phenoxy) is 2. The zero-order chi connectivity index (χ0) is 46.0. The molecule has 0 spiro atoms. The van der Waals surface area contributed by atoms with Crippen LogP contribution < -0.4 is 10.7 Å². The van der Waals surface area contributed by atoms with Crippen molar-refractivity contribution in [3.05, 3.63) is 72.2 Å². The summed E-state index contributed by atoms with van der Waals surface area (Å²) >= 11 is 1.33. The molecule has 16 heteroatoms. The average Bonchev–Trinajstić information content (AvgIpc) is 4.05. The molecule has 5 atom stereocenters. The summed E-state index contributed by atoms with van der Waals surface area (Å²) in [5.74, 6) is -2.64. The van der Waals surface area contributed by atoms with E-state index < -0.39 is 47.2 Å². The van der Waals surface area contributed by atoms with Crippen molar-refractivity contribution in [2.24, 2.45) is 17.3 Å². The summed E-state index contributed by atoms with van der Waals surface area (Å²) < 4.78 is 19.1. The Morgan fingerprint density at radius 3 is 2.64 bits per heavy atom. The number of likely N-dealkylation sites (N-methyl/N-ethyl adjacent to an activating group) is 1. The standard InChI is InChI=1S/C48H62N8O7S/c1-10-40(57)54-21-18-31(26-54)45(59)53(8)42(28(3)4)44(58)50-37-23-32-24-39(64-52-32)30-16-17-38-34(22-30)35(43(55(38)11-2)33-14-12-19-49-41(33)29(5)62-9)25-48(6,7)27-63-47(61)36-15-13-20-56(51-36)46(37)60/h10,12,14,16-17,19,22,24,28-29,31,36-37,42,51H,1,11,13,15,18,20-21,23,25-27H2,2-9H3,(H,50,58)/t29-,31-,36-,37-,42-/m0/s1. The van der Waals surface area contributed by atoms with Gasteiger partial charge in [0, 0.05) is 74.8 Å². The van der Waals surface area contributed by atoms with Crippen molar-refractivity contribution in [3.63, 3.8) is 0 Å². The molecule has 15 nitrogen and oxygen atoms in total. The molecule has 2 saturated heterocycles. The van der Waals surface area contributed by atoms with Crippen LogP contribution in [-0.4, -0.2) is 117 Å². The highest BCUT2D eigenvalue weighted by molar-refractivity contribution is 7.09. The zero-order valence-electron chi connectivity index (χ0n) is 38.3. The van der Waals surface area contributed by atoms with Gasteiger partial charge in [-0.2, -0.15) is 4.37 Å². The number of benzene rings is 1. The number of methoxy groups -OCH3 is 1. The second-order valence-corrected chi connectivity index (χ2v) is 19.2. The lowest BCUT2D eigenvalue weighted by molar-refractivity contribution is -0.155. The number of fused-ring (bicyclic) bond motifs is 6. The predicted molar refractivity (Wildman–Crippen MR) is 246 cm³/mol. The van der Waals surface area contributed by atoms with E-state index in [1.165, 1.54) is 27.5 Å². The highest BCUT2D eigenvalue weighted by Gasteiger charge is 2.40. The maximum Gasteiger partial charge on any atom is 0.324 e. The largest absolute Gasteiger partial charge is 0.464 e. The van der Waals surface area contributed by atoms with Gasteiger partial charge in [0.1, 0.15) is 18.1 Å². The number of aromatic nitrogens is 3. The van der Waals surface area contributed by atoms with Gasteiger partial charge in [0.25, 0.3) is 5.91 Å². The van der Waals surface area contributed by atoms with E-state index >= 15 is 0 Å². The first-order valence-corrected chi connectivity index (χ1v) is 23.1. The van der Waals surface area contributed by atoms with E-state index in [4.69, 9.17) is 18.8 Å². The Morgan fingerprint density at radius 1 is 1.14 bits per heavy atom. The Bertz CT molecular complexity index is 2420. The third kappa shape index (κ3) is 9.50. The van der Waals surface area contributed by atoms with Crippen LogP contribution in [0.25, 0.3) is 32.6 Å². The fourth-order valence-corrected chi connectivity index (χ4v) is 10.3. The third-order valence-corrected chi connectivity index (χ3v) is 13.8. The lowest BCUT2D eigenvalue weighted by atomic mass is 9.84. The molecule has 342 valence electrons. The first-order chi connectivity index (χ1) is 30.5. The summed E-state index contributed by atoms with van der Waals surface area (Å²) in [6.45, 7) is 17.4. The van der Waals surface area contributed by atoms with Crippen molar-refractivity contribution in [2.75, 3.05) is 40.4 Å². The van der Waals surface area contributed by atoms with Crippen LogP contribution >= 0.6 is 11.5 Å². The zero-order valence-corrected chi connectivity index (χ0v) is 39.1. The minimum absolute atomic E-state index is 0.0671. The van der Waals surface area contributed by atoms with E-state index in [0.29, 0.717) is 51.0 Å². The Kier molecular flexibility index (Phi) is 14.1. The fraction of sp³-hybridized carbons (Fsp3) is 0.521. The van der Waals surface area contributed by atoms with Crippen LogP contribution in [0.15, 0.2) is 55.3 Å². The molecule has 64 heavy (non-hydrogen) atoms. The van der Waals surface area contributed by atoms with Crippen LogP contribution in [0.4, 0.5) is 0 Å². The van der Waals surface area contributed by atoms with Gasteiger partial charge in [0.15, 0.2) is 0 Å². The Hall–Kier alpha value is -5.45. The van der Waals surface area contributed by atoms with E-state index in [9.17, 15) is 24.0 Å². The summed E-state index contributed by atoms with van der Waals surface area (Å²) in [4.78, 5) is 77.7. The van der Waals surface area contributed by atoms with E-state index in [-0.39, 0.29) is 43.4 Å². The summed E-state index contributed by atoms with van der Waals surface area (Å²) in [5.41, 5.74) is 9.21. The van der Waals surface area contributed by atoms with Gasteiger partial charge in [-0.3, -0.25) is 34.0 Å². The van der Waals surface area contributed by atoms with Crippen LogP contribution in [0.3, 0.4) is 0 Å². The van der Waals surface area contributed by atoms with E-state index in [1.807, 2.05) is 32.9 Å². The monoisotopic (exact) mass is 894 g/mol. The number of likely N-dealkylation sites (tertiary alicyclic amines) is 1. The maximum absolute atomic E-state index is 14.6. The van der Waals surface area contributed by atoms with E-state index in [0.717, 1.165) is 43.9 Å². The van der Waals surface area contributed by atoms with Gasteiger partial charge in [0.2, 0.25) is 17.7 Å². The molecule has 6 bridgehead atoms. The second kappa shape index (κ2) is 19.3. The predicted octanol–water partition coefficient (Wildman–Crippen LogP) is 5.72. The van der Waals surface area contributed by atoms with E-state index in [2.05, 4.69) is 66.9 Å². The molecule has 4 amide bonds. The van der Waals surface area contributed by atoms with Crippen molar-refractivity contribution in [3.8, 4) is 21.7 Å². The number of carbonyl (C=O) groups excluding carboxylic acids is 5. The van der Waals surface area contributed by atoms with Gasteiger partial charge in [-0.1, -0.05) is 40.3 Å². The Labute approximate surface area is 379 Å². The van der Waals surface area contributed by atoms with Gasteiger partial charge < -0.3 is 29.2 Å². The quantitative estimate of drug-likeness (QED) is 0.149. The minimum Gasteiger partial charge on any atom is -0.464 e. The lowest BCUT2D eigenvalue weighted by Crippen LogP contribution is -2.62. The summed E-state index contributed by atoms with van der Waals surface area (Å²) in [7, 11) is 3.28. The molecule has 7 rings (SSSR count). The van der Waals surface area contributed by atoms with Crippen molar-refractivity contribution in [1.29, 1.82) is 0 Å². The molecule has 0 aliphatic carbocycles. The number of hydrogen-bond acceptors (Lipinski definition) is 11. The molecule has 2 N–H and O–H groups in total. The number of rotatable bonds is 10. The highest BCUT2D eigenvalue weighted by atomic mass is 32.1. The topological polar surface area (TPSA) is 168 Å². The molecule has 1 aromatic carbocycles. The summed E-state index contributed by atoms with van der Waals surface area (Å²) in [6, 6.07) is 9.65. The number of carbonyl (C=O) groups is 5. The number of nitrogens with zero attached hydrogens (tertiary/aromatic N) is 6. The average molecular weight is 895 g/mol. The van der Waals surface area contributed by atoms with Gasteiger partial charge in [-0.25, -0.2) is 5.43 Å². The van der Waals surface area contributed by atoms with Crippen LogP contribution in [0.2, 0.25) is 0 Å². The first kappa shape index (κ1) is 46.5.